The van der Waals surface area contributed by atoms with Crippen LogP contribution < -0.4 is 4.74 Å². The number of aliphatic hydroxyl groups is 1. The number of imidazole rings is 1. The summed E-state index contributed by atoms with van der Waals surface area (Å²) in [5, 5.41) is 10.5. The summed E-state index contributed by atoms with van der Waals surface area (Å²) in [4.78, 5) is 18.6. The number of amides is 1. The first-order chi connectivity index (χ1) is 11.6. The zero-order valence-electron chi connectivity index (χ0n) is 14.0. The molecule has 1 aliphatic rings. The molecule has 1 fully saturated rings. The van der Waals surface area contributed by atoms with E-state index >= 15 is 0 Å². The summed E-state index contributed by atoms with van der Waals surface area (Å²) in [6, 6.07) is 7.19. The molecule has 2 aromatic rings. The molecule has 24 heavy (non-hydrogen) atoms. The third-order valence-corrected chi connectivity index (χ3v) is 4.78. The number of aliphatic hydroxyl groups excluding tert-OH is 1. The summed E-state index contributed by atoms with van der Waals surface area (Å²) in [7, 11) is 1.56. The highest BCUT2D eigenvalue weighted by molar-refractivity contribution is 5.82. The van der Waals surface area contributed by atoms with Crippen LogP contribution in [-0.4, -0.2) is 45.7 Å². The van der Waals surface area contributed by atoms with Crippen molar-refractivity contribution < 1.29 is 14.6 Å². The zero-order chi connectivity index (χ0) is 17.1. The average Bonchev–Trinajstić information content (AvgIpc) is 3.15. The van der Waals surface area contributed by atoms with E-state index in [-0.39, 0.29) is 11.9 Å². The van der Waals surface area contributed by atoms with Gasteiger partial charge in [-0.3, -0.25) is 4.79 Å². The van der Waals surface area contributed by atoms with E-state index in [0.717, 1.165) is 6.42 Å². The largest absolute Gasteiger partial charge is 0.497 e. The normalized spacial score (nSPS) is 22.2. The number of likely N-dealkylation sites (tertiary alicyclic amines) is 1. The predicted octanol–water partition coefficient (Wildman–Crippen LogP) is 2.03. The minimum absolute atomic E-state index is 0.183. The molecular weight excluding hydrogens is 306 g/mol. The second-order valence-electron chi connectivity index (χ2n) is 6.31. The van der Waals surface area contributed by atoms with Crippen molar-refractivity contribution in [1.82, 2.24) is 14.5 Å². The van der Waals surface area contributed by atoms with E-state index in [2.05, 4.69) is 11.9 Å². The van der Waals surface area contributed by atoms with Gasteiger partial charge < -0.3 is 19.3 Å². The van der Waals surface area contributed by atoms with Gasteiger partial charge in [-0.25, -0.2) is 4.98 Å². The van der Waals surface area contributed by atoms with Crippen LogP contribution in [0.5, 0.6) is 5.75 Å². The minimum atomic E-state index is -1.17. The summed E-state index contributed by atoms with van der Waals surface area (Å²) in [6.07, 6.45) is 5.19. The Morgan fingerprint density at radius 3 is 3.00 bits per heavy atom. The molecule has 3 atom stereocenters. The molecule has 1 aromatic heterocycles. The number of hydrogen-bond donors (Lipinski definition) is 1. The lowest BCUT2D eigenvalue weighted by Crippen LogP contribution is -2.45. The van der Waals surface area contributed by atoms with Crippen molar-refractivity contribution in [3.05, 3.63) is 48.5 Å². The van der Waals surface area contributed by atoms with Gasteiger partial charge in [-0.1, -0.05) is 19.1 Å². The Morgan fingerprint density at radius 1 is 1.46 bits per heavy atom. The van der Waals surface area contributed by atoms with Crippen LogP contribution in [-0.2, 0) is 4.79 Å². The standard InChI is InChI=1S/C18H23N3O3/c1-13-6-8-20(11-16(13)21-9-7-19-12-21)18(23)17(22)14-4-3-5-15(10-14)24-2/h3-5,7,9-10,12-13,16-17,22H,6,8,11H2,1-2H3. The molecule has 6 nitrogen and oxygen atoms in total. The van der Waals surface area contributed by atoms with E-state index in [4.69, 9.17) is 4.74 Å². The molecule has 1 aromatic carbocycles. The summed E-state index contributed by atoms with van der Waals surface area (Å²) in [6.45, 7) is 3.43. The van der Waals surface area contributed by atoms with Gasteiger partial charge in [0.25, 0.3) is 5.91 Å². The Hall–Kier alpha value is -2.34. The van der Waals surface area contributed by atoms with E-state index in [1.807, 2.05) is 10.8 Å². The first kappa shape index (κ1) is 16.5. The van der Waals surface area contributed by atoms with Crippen LogP contribution in [0.2, 0.25) is 0 Å². The molecule has 0 saturated carbocycles. The smallest absolute Gasteiger partial charge is 0.256 e. The van der Waals surface area contributed by atoms with Gasteiger partial charge in [-0.2, -0.15) is 0 Å². The molecule has 0 spiro atoms. The van der Waals surface area contributed by atoms with Crippen LogP contribution in [0.15, 0.2) is 43.0 Å². The molecule has 1 saturated heterocycles. The van der Waals surface area contributed by atoms with Crippen molar-refractivity contribution in [2.45, 2.75) is 25.5 Å². The number of methoxy groups -OCH3 is 1. The van der Waals surface area contributed by atoms with E-state index in [0.29, 0.717) is 30.3 Å². The van der Waals surface area contributed by atoms with Gasteiger partial charge in [-0.15, -0.1) is 0 Å². The highest BCUT2D eigenvalue weighted by Gasteiger charge is 2.32. The molecule has 0 radical (unpaired) electrons. The Kier molecular flexibility index (Phi) is 4.85. The lowest BCUT2D eigenvalue weighted by molar-refractivity contribution is -0.143. The number of carbonyl (C=O) groups excluding carboxylic acids is 1. The Balaban J connectivity index is 1.74. The van der Waals surface area contributed by atoms with E-state index in [1.165, 1.54) is 0 Å². The van der Waals surface area contributed by atoms with Crippen molar-refractivity contribution in [2.24, 2.45) is 5.92 Å². The van der Waals surface area contributed by atoms with E-state index < -0.39 is 6.10 Å². The summed E-state index contributed by atoms with van der Waals surface area (Å²) in [5.41, 5.74) is 0.553. The fraction of sp³-hybridized carbons (Fsp3) is 0.444. The topological polar surface area (TPSA) is 67.6 Å². The lowest BCUT2D eigenvalue weighted by atomic mass is 9.92. The van der Waals surface area contributed by atoms with Crippen LogP contribution in [0.3, 0.4) is 0 Å². The maximum absolute atomic E-state index is 12.7. The van der Waals surface area contributed by atoms with Gasteiger partial charge in [0.1, 0.15) is 5.75 Å². The number of nitrogens with zero attached hydrogens (tertiary/aromatic N) is 3. The minimum Gasteiger partial charge on any atom is -0.497 e. The Bertz CT molecular complexity index is 687. The van der Waals surface area contributed by atoms with E-state index in [1.54, 1.807) is 48.8 Å². The third-order valence-electron chi connectivity index (χ3n) is 4.78. The number of carbonyl (C=O) groups is 1. The molecule has 0 bridgehead atoms. The number of aromatic nitrogens is 2. The fourth-order valence-electron chi connectivity index (χ4n) is 3.23. The maximum atomic E-state index is 12.7. The van der Waals surface area contributed by atoms with Crippen LogP contribution in [0.4, 0.5) is 0 Å². The molecule has 6 heteroatoms. The number of hydrogen-bond acceptors (Lipinski definition) is 4. The Labute approximate surface area is 141 Å². The fourth-order valence-corrected chi connectivity index (χ4v) is 3.23. The van der Waals surface area contributed by atoms with Gasteiger partial charge in [0.05, 0.1) is 19.5 Å². The molecular formula is C18H23N3O3. The second kappa shape index (κ2) is 7.05. The molecule has 1 amide bonds. The summed E-state index contributed by atoms with van der Waals surface area (Å²) in [5.74, 6) is 0.820. The molecule has 3 unspecified atom stereocenters. The van der Waals surface area contributed by atoms with Crippen LogP contribution >= 0.6 is 0 Å². The number of ether oxygens (including phenoxy) is 1. The van der Waals surface area contributed by atoms with Gasteiger partial charge in [-0.05, 0) is 30.0 Å². The maximum Gasteiger partial charge on any atom is 0.256 e. The highest BCUT2D eigenvalue weighted by atomic mass is 16.5. The molecule has 128 valence electrons. The monoisotopic (exact) mass is 329 g/mol. The SMILES string of the molecule is COc1cccc(C(O)C(=O)N2CCC(C)C(n3ccnc3)C2)c1. The van der Waals surface area contributed by atoms with Crippen molar-refractivity contribution in [1.29, 1.82) is 0 Å². The molecule has 1 N–H and O–H groups in total. The van der Waals surface area contributed by atoms with Gasteiger partial charge in [0.15, 0.2) is 6.10 Å². The average molecular weight is 329 g/mol. The van der Waals surface area contributed by atoms with Gasteiger partial charge >= 0.3 is 0 Å². The molecule has 2 heterocycles. The molecule has 1 aliphatic heterocycles. The quantitative estimate of drug-likeness (QED) is 0.932. The van der Waals surface area contributed by atoms with Crippen molar-refractivity contribution >= 4 is 5.91 Å². The van der Waals surface area contributed by atoms with Crippen molar-refractivity contribution in [3.8, 4) is 5.75 Å². The third kappa shape index (κ3) is 3.28. The van der Waals surface area contributed by atoms with Crippen LogP contribution in [0.1, 0.15) is 31.1 Å². The van der Waals surface area contributed by atoms with Gasteiger partial charge in [0, 0.05) is 25.5 Å². The number of piperidine rings is 1. The molecule has 3 rings (SSSR count). The highest BCUT2D eigenvalue weighted by Crippen LogP contribution is 2.29. The zero-order valence-corrected chi connectivity index (χ0v) is 14.0. The summed E-state index contributed by atoms with van der Waals surface area (Å²) < 4.78 is 7.21. The van der Waals surface area contributed by atoms with E-state index in [9.17, 15) is 9.90 Å². The first-order valence-electron chi connectivity index (χ1n) is 8.18. The van der Waals surface area contributed by atoms with Crippen molar-refractivity contribution in [2.75, 3.05) is 20.2 Å². The second-order valence-corrected chi connectivity index (χ2v) is 6.31. The lowest BCUT2D eigenvalue weighted by Gasteiger charge is -2.38. The Morgan fingerprint density at radius 2 is 2.29 bits per heavy atom. The number of benzene rings is 1. The van der Waals surface area contributed by atoms with Crippen molar-refractivity contribution in [3.63, 3.8) is 0 Å². The van der Waals surface area contributed by atoms with Crippen LogP contribution in [0.25, 0.3) is 0 Å². The number of rotatable bonds is 4. The first-order valence-corrected chi connectivity index (χ1v) is 8.18. The van der Waals surface area contributed by atoms with Crippen LogP contribution in [0, 0.1) is 5.92 Å². The predicted molar refractivity (Wildman–Crippen MR) is 89.6 cm³/mol. The van der Waals surface area contributed by atoms with Gasteiger partial charge in [0.2, 0.25) is 0 Å². The molecule has 0 aliphatic carbocycles. The summed E-state index contributed by atoms with van der Waals surface area (Å²) >= 11 is 0.